The van der Waals surface area contributed by atoms with Crippen molar-refractivity contribution in [3.63, 3.8) is 0 Å². The van der Waals surface area contributed by atoms with Gasteiger partial charge in [-0.3, -0.25) is 9.59 Å². The molecule has 0 aliphatic heterocycles. The standard InChI is InChI=1S/C16H18O4/c1-11(17)3-9-15(19)13-5-7-14(8-6-13)16(20)10-4-12(2)18/h5-8H,3-4,9-10H2,1-2H3. The predicted octanol–water partition coefficient (Wildman–Crippen LogP) is 2.79. The average Bonchev–Trinajstić information content (AvgIpc) is 2.42. The summed E-state index contributed by atoms with van der Waals surface area (Å²) in [5.41, 5.74) is 0.990. The van der Waals surface area contributed by atoms with Crippen LogP contribution < -0.4 is 0 Å². The van der Waals surface area contributed by atoms with Crippen LogP contribution in [0.25, 0.3) is 0 Å². The van der Waals surface area contributed by atoms with Crippen molar-refractivity contribution in [1.29, 1.82) is 0 Å². The predicted molar refractivity (Wildman–Crippen MR) is 74.9 cm³/mol. The van der Waals surface area contributed by atoms with Crippen LogP contribution in [-0.2, 0) is 9.59 Å². The van der Waals surface area contributed by atoms with Gasteiger partial charge in [0.05, 0.1) is 0 Å². The highest BCUT2D eigenvalue weighted by atomic mass is 16.1. The molecule has 0 unspecified atom stereocenters. The van der Waals surface area contributed by atoms with Gasteiger partial charge >= 0.3 is 0 Å². The summed E-state index contributed by atoms with van der Waals surface area (Å²) in [5, 5.41) is 0. The van der Waals surface area contributed by atoms with Crippen LogP contribution in [0.3, 0.4) is 0 Å². The van der Waals surface area contributed by atoms with E-state index in [-0.39, 0.29) is 48.8 Å². The fraction of sp³-hybridized carbons (Fsp3) is 0.375. The number of hydrogen-bond acceptors (Lipinski definition) is 4. The van der Waals surface area contributed by atoms with Crippen molar-refractivity contribution in [1.82, 2.24) is 0 Å². The lowest BCUT2D eigenvalue weighted by Crippen LogP contribution is -2.05. The van der Waals surface area contributed by atoms with Crippen LogP contribution in [0, 0.1) is 0 Å². The first-order valence-corrected chi connectivity index (χ1v) is 6.55. The monoisotopic (exact) mass is 274 g/mol. The Morgan fingerprint density at radius 2 is 0.950 bits per heavy atom. The average molecular weight is 274 g/mol. The highest BCUT2D eigenvalue weighted by Gasteiger charge is 2.10. The Hall–Kier alpha value is -2.10. The number of Topliss-reactive ketones (excluding diaryl/α,β-unsaturated/α-hetero) is 4. The fourth-order valence-corrected chi connectivity index (χ4v) is 1.71. The third-order valence-corrected chi connectivity index (χ3v) is 2.94. The van der Waals surface area contributed by atoms with Gasteiger partial charge in [-0.15, -0.1) is 0 Å². The topological polar surface area (TPSA) is 68.3 Å². The summed E-state index contributed by atoms with van der Waals surface area (Å²) in [6.07, 6.45) is 0.843. The van der Waals surface area contributed by atoms with Crippen molar-refractivity contribution in [2.45, 2.75) is 39.5 Å². The Labute approximate surface area is 118 Å². The van der Waals surface area contributed by atoms with Gasteiger partial charge in [-0.1, -0.05) is 24.3 Å². The Bertz CT molecular complexity index is 477. The van der Waals surface area contributed by atoms with Crippen LogP contribution in [0.5, 0.6) is 0 Å². The first-order chi connectivity index (χ1) is 9.40. The molecule has 0 bridgehead atoms. The Kier molecular flexibility index (Phi) is 5.97. The fourth-order valence-electron chi connectivity index (χ4n) is 1.71. The normalized spacial score (nSPS) is 10.1. The van der Waals surface area contributed by atoms with Gasteiger partial charge < -0.3 is 9.59 Å². The van der Waals surface area contributed by atoms with Crippen LogP contribution in [0.4, 0.5) is 0 Å². The summed E-state index contributed by atoms with van der Waals surface area (Å²) < 4.78 is 0. The summed E-state index contributed by atoms with van der Waals surface area (Å²) in [7, 11) is 0. The molecule has 0 heterocycles. The maximum atomic E-state index is 11.8. The molecule has 0 aliphatic carbocycles. The maximum Gasteiger partial charge on any atom is 0.163 e. The van der Waals surface area contributed by atoms with Gasteiger partial charge in [0, 0.05) is 36.8 Å². The van der Waals surface area contributed by atoms with Crippen LogP contribution in [0.1, 0.15) is 60.2 Å². The van der Waals surface area contributed by atoms with Crippen LogP contribution in [0.15, 0.2) is 24.3 Å². The number of hydrogen-bond donors (Lipinski definition) is 0. The van der Waals surface area contributed by atoms with Crippen molar-refractivity contribution in [2.75, 3.05) is 0 Å². The van der Waals surface area contributed by atoms with E-state index in [2.05, 4.69) is 0 Å². The number of benzene rings is 1. The molecule has 0 saturated heterocycles. The highest BCUT2D eigenvalue weighted by molar-refractivity contribution is 6.01. The highest BCUT2D eigenvalue weighted by Crippen LogP contribution is 2.11. The molecule has 1 aromatic carbocycles. The summed E-state index contributed by atoms with van der Waals surface area (Å²) in [5.74, 6) is -0.255. The lowest BCUT2D eigenvalue weighted by atomic mass is 10.0. The molecule has 1 rings (SSSR count). The number of ketones is 4. The second-order valence-electron chi connectivity index (χ2n) is 4.83. The largest absolute Gasteiger partial charge is 0.300 e. The van der Waals surface area contributed by atoms with Crippen LogP contribution >= 0.6 is 0 Å². The molecule has 0 amide bonds. The smallest absolute Gasteiger partial charge is 0.163 e. The third-order valence-electron chi connectivity index (χ3n) is 2.94. The van der Waals surface area contributed by atoms with Gasteiger partial charge in [0.1, 0.15) is 11.6 Å². The number of carbonyl (C=O) groups excluding carboxylic acids is 4. The Morgan fingerprint density at radius 3 is 1.20 bits per heavy atom. The quantitative estimate of drug-likeness (QED) is 0.683. The van der Waals surface area contributed by atoms with Crippen molar-refractivity contribution < 1.29 is 19.2 Å². The molecule has 0 radical (unpaired) electrons. The van der Waals surface area contributed by atoms with E-state index in [4.69, 9.17) is 0 Å². The van der Waals surface area contributed by atoms with Crippen LogP contribution in [0.2, 0.25) is 0 Å². The summed E-state index contributed by atoms with van der Waals surface area (Å²) >= 11 is 0. The second kappa shape index (κ2) is 7.48. The Balaban J connectivity index is 2.63. The van der Waals surface area contributed by atoms with E-state index in [1.54, 1.807) is 24.3 Å². The summed E-state index contributed by atoms with van der Waals surface area (Å²) in [6, 6.07) is 6.35. The minimum Gasteiger partial charge on any atom is -0.300 e. The Morgan fingerprint density at radius 1 is 0.650 bits per heavy atom. The van der Waals surface area contributed by atoms with Gasteiger partial charge in [-0.25, -0.2) is 0 Å². The molecule has 0 aromatic heterocycles. The minimum atomic E-state index is -0.108. The van der Waals surface area contributed by atoms with Crippen LogP contribution in [-0.4, -0.2) is 23.1 Å². The van der Waals surface area contributed by atoms with Crippen molar-refractivity contribution in [2.24, 2.45) is 0 Å². The van der Waals surface area contributed by atoms with Crippen molar-refractivity contribution in [3.8, 4) is 0 Å². The van der Waals surface area contributed by atoms with Crippen molar-refractivity contribution >= 4 is 23.1 Å². The molecular weight excluding hydrogens is 256 g/mol. The zero-order chi connectivity index (χ0) is 15.1. The SMILES string of the molecule is CC(=O)CCC(=O)c1ccc(C(=O)CCC(C)=O)cc1. The van der Waals surface area contributed by atoms with E-state index in [1.165, 1.54) is 13.8 Å². The van der Waals surface area contributed by atoms with Gasteiger partial charge in [-0.05, 0) is 13.8 Å². The van der Waals surface area contributed by atoms with E-state index in [0.29, 0.717) is 11.1 Å². The van der Waals surface area contributed by atoms with E-state index in [0.717, 1.165) is 0 Å². The van der Waals surface area contributed by atoms with Gasteiger partial charge in [-0.2, -0.15) is 0 Å². The molecule has 0 fully saturated rings. The molecular formula is C16H18O4. The molecule has 0 N–H and O–H groups in total. The van der Waals surface area contributed by atoms with E-state index >= 15 is 0 Å². The second-order valence-corrected chi connectivity index (χ2v) is 4.83. The zero-order valence-corrected chi connectivity index (χ0v) is 11.8. The maximum absolute atomic E-state index is 11.8. The first-order valence-electron chi connectivity index (χ1n) is 6.55. The van der Waals surface area contributed by atoms with Gasteiger partial charge in [0.2, 0.25) is 0 Å². The molecule has 0 aliphatic rings. The van der Waals surface area contributed by atoms with E-state index < -0.39 is 0 Å². The molecule has 4 nitrogen and oxygen atoms in total. The molecule has 106 valence electrons. The lowest BCUT2D eigenvalue weighted by molar-refractivity contribution is -0.117. The zero-order valence-electron chi connectivity index (χ0n) is 11.8. The summed E-state index contributed by atoms with van der Waals surface area (Å²) in [6.45, 7) is 2.90. The van der Waals surface area contributed by atoms with E-state index in [1.807, 2.05) is 0 Å². The van der Waals surface area contributed by atoms with E-state index in [9.17, 15) is 19.2 Å². The van der Waals surface area contributed by atoms with Crippen molar-refractivity contribution in [3.05, 3.63) is 35.4 Å². The third kappa shape index (κ3) is 5.26. The number of carbonyl (C=O) groups is 4. The van der Waals surface area contributed by atoms with Gasteiger partial charge in [0.25, 0.3) is 0 Å². The minimum absolute atomic E-state index is 0.0191. The number of rotatable bonds is 8. The summed E-state index contributed by atoms with van der Waals surface area (Å²) in [4.78, 5) is 45.2. The molecule has 20 heavy (non-hydrogen) atoms. The molecule has 4 heteroatoms. The molecule has 1 aromatic rings. The molecule has 0 saturated carbocycles. The lowest BCUT2D eigenvalue weighted by Gasteiger charge is -2.02. The molecule has 0 atom stereocenters. The first kappa shape index (κ1) is 16.0. The molecule has 0 spiro atoms. The van der Waals surface area contributed by atoms with Gasteiger partial charge in [0.15, 0.2) is 11.6 Å².